The van der Waals surface area contributed by atoms with Gasteiger partial charge in [-0.2, -0.15) is 0 Å². The minimum absolute atomic E-state index is 0.501. The molecule has 0 aromatic carbocycles. The van der Waals surface area contributed by atoms with Crippen molar-refractivity contribution in [2.24, 2.45) is 16.7 Å². The summed E-state index contributed by atoms with van der Waals surface area (Å²) in [4.78, 5) is 0. The molecule has 0 aliphatic heterocycles. The number of rotatable bonds is 6. The largest absolute Gasteiger partial charge is 0.316 e. The molecule has 1 rings (SSSR count). The molecule has 1 aliphatic carbocycles. The van der Waals surface area contributed by atoms with Crippen molar-refractivity contribution in [2.45, 2.75) is 66.7 Å². The van der Waals surface area contributed by atoms with Crippen molar-refractivity contribution < 1.29 is 0 Å². The van der Waals surface area contributed by atoms with E-state index < -0.39 is 0 Å². The van der Waals surface area contributed by atoms with Crippen LogP contribution in [-0.2, 0) is 0 Å². The molecule has 1 fully saturated rings. The highest BCUT2D eigenvalue weighted by Gasteiger charge is 2.36. The van der Waals surface area contributed by atoms with E-state index in [1.54, 1.807) is 0 Å². The van der Waals surface area contributed by atoms with Crippen LogP contribution in [0.15, 0.2) is 0 Å². The van der Waals surface area contributed by atoms with E-state index in [1.165, 1.54) is 45.2 Å². The van der Waals surface area contributed by atoms with Gasteiger partial charge in [-0.3, -0.25) is 0 Å². The average molecular weight is 225 g/mol. The Morgan fingerprint density at radius 2 is 1.81 bits per heavy atom. The quantitative estimate of drug-likeness (QED) is 0.713. The van der Waals surface area contributed by atoms with Crippen molar-refractivity contribution in [3.8, 4) is 0 Å². The lowest BCUT2D eigenvalue weighted by Gasteiger charge is -2.44. The van der Waals surface area contributed by atoms with Gasteiger partial charge in [-0.25, -0.2) is 0 Å². The molecule has 0 bridgehead atoms. The van der Waals surface area contributed by atoms with Crippen molar-refractivity contribution in [3.05, 3.63) is 0 Å². The second-order valence-electron chi connectivity index (χ2n) is 7.44. The van der Waals surface area contributed by atoms with Crippen molar-refractivity contribution in [3.63, 3.8) is 0 Å². The van der Waals surface area contributed by atoms with Crippen molar-refractivity contribution in [1.29, 1.82) is 0 Å². The summed E-state index contributed by atoms with van der Waals surface area (Å²) in [6.45, 7) is 14.1. The fraction of sp³-hybridized carbons (Fsp3) is 1.00. The Labute approximate surface area is 102 Å². The Morgan fingerprint density at radius 3 is 2.19 bits per heavy atom. The van der Waals surface area contributed by atoms with E-state index in [0.717, 1.165) is 5.92 Å². The second kappa shape index (κ2) is 5.53. The van der Waals surface area contributed by atoms with Crippen LogP contribution in [0.2, 0.25) is 0 Å². The van der Waals surface area contributed by atoms with Crippen LogP contribution in [0, 0.1) is 16.7 Å². The van der Waals surface area contributed by atoms with Crippen LogP contribution >= 0.6 is 0 Å². The third-order valence-electron chi connectivity index (χ3n) is 3.87. The van der Waals surface area contributed by atoms with E-state index in [2.05, 4.69) is 39.9 Å². The molecule has 0 aromatic heterocycles. The van der Waals surface area contributed by atoms with Gasteiger partial charge in [0.1, 0.15) is 0 Å². The highest BCUT2D eigenvalue weighted by Crippen LogP contribution is 2.46. The van der Waals surface area contributed by atoms with Gasteiger partial charge in [0.2, 0.25) is 0 Å². The Morgan fingerprint density at radius 1 is 1.19 bits per heavy atom. The molecule has 0 unspecified atom stereocenters. The van der Waals surface area contributed by atoms with Gasteiger partial charge in [-0.15, -0.1) is 0 Å². The third-order valence-corrected chi connectivity index (χ3v) is 3.87. The summed E-state index contributed by atoms with van der Waals surface area (Å²) in [5.41, 5.74) is 1.16. The molecule has 0 amide bonds. The van der Waals surface area contributed by atoms with Gasteiger partial charge >= 0.3 is 0 Å². The average Bonchev–Trinajstić information content (AvgIpc) is 2.05. The van der Waals surface area contributed by atoms with Crippen molar-refractivity contribution in [1.82, 2.24) is 5.32 Å². The van der Waals surface area contributed by atoms with Crippen LogP contribution in [0.5, 0.6) is 0 Å². The predicted octanol–water partition coefficient (Wildman–Crippen LogP) is 4.23. The lowest BCUT2D eigenvalue weighted by atomic mass is 9.64. The summed E-state index contributed by atoms with van der Waals surface area (Å²) in [5, 5.41) is 3.66. The van der Waals surface area contributed by atoms with E-state index in [4.69, 9.17) is 0 Å². The number of nitrogens with one attached hydrogen (secondary N) is 1. The zero-order chi connectivity index (χ0) is 12.2. The minimum Gasteiger partial charge on any atom is -0.316 e. The monoisotopic (exact) mass is 225 g/mol. The lowest BCUT2D eigenvalue weighted by Crippen LogP contribution is -2.41. The van der Waals surface area contributed by atoms with E-state index in [-0.39, 0.29) is 0 Å². The molecule has 1 heteroatoms. The van der Waals surface area contributed by atoms with Gasteiger partial charge in [-0.1, -0.05) is 41.0 Å². The summed E-state index contributed by atoms with van der Waals surface area (Å²) in [6.07, 6.45) is 7.15. The topological polar surface area (TPSA) is 12.0 Å². The normalized spacial score (nSPS) is 19.9. The maximum absolute atomic E-state index is 3.66. The molecule has 1 nitrogen and oxygen atoms in total. The minimum atomic E-state index is 0.501. The lowest BCUT2D eigenvalue weighted by molar-refractivity contribution is 0.0966. The van der Waals surface area contributed by atoms with Gasteiger partial charge in [0.15, 0.2) is 0 Å². The van der Waals surface area contributed by atoms with Crippen LogP contribution in [0.4, 0.5) is 0 Å². The van der Waals surface area contributed by atoms with E-state index in [1.807, 2.05) is 0 Å². The van der Waals surface area contributed by atoms with Crippen LogP contribution in [0.1, 0.15) is 66.7 Å². The molecule has 16 heavy (non-hydrogen) atoms. The Balaban J connectivity index is 2.27. The zero-order valence-electron chi connectivity index (χ0n) is 12.0. The molecule has 0 saturated heterocycles. The fourth-order valence-corrected chi connectivity index (χ4v) is 2.46. The third kappa shape index (κ3) is 4.86. The Kier molecular flexibility index (Phi) is 4.85. The number of hydrogen-bond donors (Lipinski definition) is 1. The Hall–Kier alpha value is -0.0400. The van der Waals surface area contributed by atoms with E-state index in [9.17, 15) is 0 Å². The van der Waals surface area contributed by atoms with Crippen molar-refractivity contribution >= 4 is 0 Å². The smallest absolute Gasteiger partial charge is 0.000792 e. The molecule has 0 spiro atoms. The van der Waals surface area contributed by atoms with Crippen molar-refractivity contribution in [2.75, 3.05) is 13.1 Å². The molecule has 0 heterocycles. The zero-order valence-corrected chi connectivity index (χ0v) is 12.0. The SMILES string of the molecule is CC(C)CNCC1(CCC(C)(C)C)CCC1. The van der Waals surface area contributed by atoms with Gasteiger partial charge in [-0.05, 0) is 49.0 Å². The molecule has 1 aliphatic rings. The van der Waals surface area contributed by atoms with Gasteiger partial charge in [0, 0.05) is 6.54 Å². The standard InChI is InChI=1S/C15H31N/c1-13(2)11-16-12-15(7-6-8-15)10-9-14(3,4)5/h13,16H,6-12H2,1-5H3. The molecule has 0 aromatic rings. The highest BCUT2D eigenvalue weighted by atomic mass is 14.9. The summed E-state index contributed by atoms with van der Waals surface area (Å²) in [6, 6.07) is 0. The second-order valence-corrected chi connectivity index (χ2v) is 7.44. The molecule has 96 valence electrons. The van der Waals surface area contributed by atoms with Crippen LogP contribution in [0.3, 0.4) is 0 Å². The van der Waals surface area contributed by atoms with Gasteiger partial charge < -0.3 is 5.32 Å². The number of hydrogen-bond acceptors (Lipinski definition) is 1. The van der Waals surface area contributed by atoms with E-state index >= 15 is 0 Å². The molecule has 1 N–H and O–H groups in total. The maximum atomic E-state index is 3.66. The summed E-state index contributed by atoms with van der Waals surface area (Å²) >= 11 is 0. The predicted molar refractivity (Wildman–Crippen MR) is 72.7 cm³/mol. The molecular weight excluding hydrogens is 194 g/mol. The molecule has 1 saturated carbocycles. The first-order valence-corrected chi connectivity index (χ1v) is 7.04. The first kappa shape index (κ1) is 14.0. The summed E-state index contributed by atoms with van der Waals surface area (Å²) < 4.78 is 0. The first-order valence-electron chi connectivity index (χ1n) is 7.04. The maximum Gasteiger partial charge on any atom is 0.000792 e. The highest BCUT2D eigenvalue weighted by molar-refractivity contribution is 4.90. The molecule has 0 atom stereocenters. The summed E-state index contributed by atoms with van der Waals surface area (Å²) in [5.74, 6) is 0.778. The molecular formula is C15H31N. The fourth-order valence-electron chi connectivity index (χ4n) is 2.46. The van der Waals surface area contributed by atoms with Crippen LogP contribution < -0.4 is 5.32 Å². The van der Waals surface area contributed by atoms with Gasteiger partial charge in [0.25, 0.3) is 0 Å². The summed E-state index contributed by atoms with van der Waals surface area (Å²) in [7, 11) is 0. The molecule has 0 radical (unpaired) electrons. The first-order chi connectivity index (χ1) is 7.33. The van der Waals surface area contributed by atoms with Crippen LogP contribution in [-0.4, -0.2) is 13.1 Å². The van der Waals surface area contributed by atoms with E-state index in [0.29, 0.717) is 10.8 Å². The Bertz CT molecular complexity index is 196. The van der Waals surface area contributed by atoms with Gasteiger partial charge in [0.05, 0.1) is 0 Å². The van der Waals surface area contributed by atoms with Crippen LogP contribution in [0.25, 0.3) is 0 Å².